The number of aromatic hydroxyl groups is 2. The summed E-state index contributed by atoms with van der Waals surface area (Å²) in [6.07, 6.45) is -12.1. The molecule has 1 fully saturated rings. The predicted molar refractivity (Wildman–Crippen MR) is 228 cm³/mol. The number of nitrogens with zero attached hydrogens (tertiary/aromatic N) is 3. The molecule has 1 saturated heterocycles. The molecule has 17 heteroatoms. The number of hydrogen-bond donors (Lipinski definition) is 14. The summed E-state index contributed by atoms with van der Waals surface area (Å²) in [6.45, 7) is 8.59. The Kier molecular flexibility index (Phi) is 20.7. The van der Waals surface area contributed by atoms with Gasteiger partial charge in [0.25, 0.3) is 0 Å². The zero-order valence-corrected chi connectivity index (χ0v) is 35.3. The summed E-state index contributed by atoms with van der Waals surface area (Å²) in [5.41, 5.74) is 5.74. The molecule has 8 unspecified atom stereocenters. The molecule has 61 heavy (non-hydrogen) atoms. The van der Waals surface area contributed by atoms with E-state index in [2.05, 4.69) is 37.5 Å². The Morgan fingerprint density at radius 3 is 1.25 bits per heavy atom. The molecule has 4 rings (SSSR count). The van der Waals surface area contributed by atoms with Gasteiger partial charge < -0.3 is 71.9 Å². The summed E-state index contributed by atoms with van der Waals surface area (Å²) in [5, 5.41) is 127. The second kappa shape index (κ2) is 25.1. The smallest absolute Gasteiger partial charge is 0.124 e. The Morgan fingerprint density at radius 2 is 0.852 bits per heavy atom. The van der Waals surface area contributed by atoms with Gasteiger partial charge in [-0.3, -0.25) is 14.7 Å². The van der Waals surface area contributed by atoms with Crippen molar-refractivity contribution in [2.45, 2.75) is 102 Å². The maximum absolute atomic E-state index is 11.4. The molecule has 8 atom stereocenters. The normalized spacial score (nSPS) is 19.1. The van der Waals surface area contributed by atoms with Crippen molar-refractivity contribution in [1.29, 1.82) is 0 Å². The monoisotopic (exact) mass is 859 g/mol. The Morgan fingerprint density at radius 1 is 0.492 bits per heavy atom. The van der Waals surface area contributed by atoms with Crippen LogP contribution >= 0.6 is 0 Å². The molecular weight excluding hydrogens is 791 g/mol. The minimum absolute atomic E-state index is 0.118. The van der Waals surface area contributed by atoms with E-state index in [0.717, 1.165) is 74.5 Å². The molecule has 0 bridgehead atoms. The quantitative estimate of drug-likeness (QED) is 0.0519. The fourth-order valence-corrected chi connectivity index (χ4v) is 7.67. The van der Waals surface area contributed by atoms with Gasteiger partial charge in [0.15, 0.2) is 0 Å². The number of aliphatic hydroxyl groups is 10. The van der Waals surface area contributed by atoms with Gasteiger partial charge in [-0.05, 0) is 38.9 Å². The van der Waals surface area contributed by atoms with Crippen molar-refractivity contribution in [2.75, 3.05) is 65.6 Å². The van der Waals surface area contributed by atoms with E-state index in [1.165, 1.54) is 5.56 Å². The zero-order chi connectivity index (χ0) is 44.6. The Hall–Kier alpha value is -3.34. The second-order valence-corrected chi connectivity index (χ2v) is 16.4. The number of rotatable bonds is 22. The maximum Gasteiger partial charge on any atom is 0.124 e. The maximum atomic E-state index is 11.4. The lowest BCUT2D eigenvalue weighted by Crippen LogP contribution is -2.48. The lowest BCUT2D eigenvalue weighted by molar-refractivity contribution is -0.114. The van der Waals surface area contributed by atoms with E-state index >= 15 is 0 Å². The van der Waals surface area contributed by atoms with Gasteiger partial charge in [-0.25, -0.2) is 0 Å². The van der Waals surface area contributed by atoms with Gasteiger partial charge in [0.1, 0.15) is 48.1 Å². The van der Waals surface area contributed by atoms with Gasteiger partial charge in [-0.15, -0.1) is 0 Å². The van der Waals surface area contributed by atoms with Gasteiger partial charge in [-0.1, -0.05) is 65.7 Å². The van der Waals surface area contributed by atoms with Crippen molar-refractivity contribution in [3.8, 4) is 11.5 Å². The first-order chi connectivity index (χ1) is 29.1. The molecule has 0 spiro atoms. The third-order valence-electron chi connectivity index (χ3n) is 11.3. The van der Waals surface area contributed by atoms with Crippen LogP contribution in [0.5, 0.6) is 11.5 Å². The molecule has 342 valence electrons. The van der Waals surface area contributed by atoms with Gasteiger partial charge in [0.2, 0.25) is 0 Å². The van der Waals surface area contributed by atoms with E-state index in [1.807, 2.05) is 56.3 Å². The molecule has 14 N–H and O–H groups in total. The number of phenols is 2. The second-order valence-electron chi connectivity index (χ2n) is 16.4. The number of nitrogens with one attached hydrogen (secondary N) is 2. The highest BCUT2D eigenvalue weighted by Crippen LogP contribution is 2.28. The predicted octanol–water partition coefficient (Wildman–Crippen LogP) is -2.02. The van der Waals surface area contributed by atoms with Crippen LogP contribution in [0, 0.1) is 13.8 Å². The third kappa shape index (κ3) is 15.5. The van der Waals surface area contributed by atoms with Crippen LogP contribution in [0.3, 0.4) is 0 Å². The van der Waals surface area contributed by atoms with Gasteiger partial charge in [0.05, 0.1) is 25.4 Å². The highest BCUT2D eigenvalue weighted by Gasteiger charge is 2.31. The fourth-order valence-electron chi connectivity index (χ4n) is 7.67. The number of benzene rings is 3. The molecule has 1 heterocycles. The highest BCUT2D eigenvalue weighted by molar-refractivity contribution is 5.44. The first-order valence-electron chi connectivity index (χ1n) is 21.0. The summed E-state index contributed by atoms with van der Waals surface area (Å²) >= 11 is 0. The van der Waals surface area contributed by atoms with Crippen LogP contribution in [-0.4, -0.2) is 190 Å². The van der Waals surface area contributed by atoms with E-state index in [-0.39, 0.29) is 37.7 Å². The summed E-state index contributed by atoms with van der Waals surface area (Å²) in [6, 6.07) is 17.9. The average Bonchev–Trinajstić information content (AvgIpc) is 3.25. The van der Waals surface area contributed by atoms with Crippen molar-refractivity contribution in [3.63, 3.8) is 0 Å². The van der Waals surface area contributed by atoms with Crippen LogP contribution in [0.1, 0.15) is 45.4 Å². The Balaban J connectivity index is 1.45. The minimum Gasteiger partial charge on any atom is -0.507 e. The number of hydrogen-bond acceptors (Lipinski definition) is 17. The van der Waals surface area contributed by atoms with E-state index in [0.29, 0.717) is 24.2 Å². The molecule has 0 aliphatic carbocycles. The standard InChI is InChI=1S/C44H69N5O12/c1-28-15-31(19-45-21-35(52)41(58)43(60)37(54)26-50)39(56)33(17-28)24-47-9-6-10-48(12-14-49(13-11-47)23-30-7-4-3-5-8-30)25-34-18-29(2)16-32(40(34)57)20-46-22-36(53)42(59)44(61)38(55)27-51/h3-5,7-8,15-18,35-38,41-46,50-61H,6,9-14,19-27H2,1-2H3. The van der Waals surface area contributed by atoms with Crippen molar-refractivity contribution < 1.29 is 61.3 Å². The highest BCUT2D eigenvalue weighted by atomic mass is 16.4. The van der Waals surface area contributed by atoms with Crippen LogP contribution in [-0.2, 0) is 32.7 Å². The molecule has 0 amide bonds. The first-order valence-corrected chi connectivity index (χ1v) is 21.0. The summed E-state index contributed by atoms with van der Waals surface area (Å²) in [7, 11) is 0. The summed E-state index contributed by atoms with van der Waals surface area (Å²) in [4.78, 5) is 7.05. The zero-order valence-electron chi connectivity index (χ0n) is 35.3. The van der Waals surface area contributed by atoms with Crippen LogP contribution in [0.2, 0.25) is 0 Å². The average molecular weight is 860 g/mol. The van der Waals surface area contributed by atoms with Crippen LogP contribution in [0.15, 0.2) is 54.6 Å². The fraction of sp³-hybridized carbons (Fsp3) is 0.591. The molecule has 1 aliphatic rings. The van der Waals surface area contributed by atoms with Crippen molar-refractivity contribution >= 4 is 0 Å². The summed E-state index contributed by atoms with van der Waals surface area (Å²) < 4.78 is 0. The van der Waals surface area contributed by atoms with Crippen molar-refractivity contribution in [3.05, 3.63) is 93.5 Å². The van der Waals surface area contributed by atoms with Crippen molar-refractivity contribution in [2.24, 2.45) is 0 Å². The third-order valence-corrected chi connectivity index (χ3v) is 11.3. The molecule has 0 aromatic heterocycles. The Bertz CT molecular complexity index is 1640. The van der Waals surface area contributed by atoms with Gasteiger partial charge in [-0.2, -0.15) is 0 Å². The van der Waals surface area contributed by atoms with E-state index in [1.54, 1.807) is 0 Å². The molecule has 1 aliphatic heterocycles. The molecule has 0 radical (unpaired) electrons. The summed E-state index contributed by atoms with van der Waals surface area (Å²) in [5.74, 6) is 0.237. The number of aryl methyl sites for hydroxylation is 2. The lowest BCUT2D eigenvalue weighted by atomic mass is 10.0. The molecule has 3 aromatic carbocycles. The van der Waals surface area contributed by atoms with Crippen molar-refractivity contribution in [1.82, 2.24) is 25.3 Å². The molecule has 0 saturated carbocycles. The molecular formula is C44H69N5O12. The van der Waals surface area contributed by atoms with E-state index in [9.17, 15) is 51.1 Å². The first kappa shape index (κ1) is 50.3. The molecule has 17 nitrogen and oxygen atoms in total. The van der Waals surface area contributed by atoms with Crippen LogP contribution in [0.25, 0.3) is 0 Å². The SMILES string of the molecule is Cc1cc(CNCC(O)C(O)C(O)C(O)CO)c(O)c(CN2CCCN(Cc3cc(C)cc(CNCC(O)C(O)C(O)C(O)CO)c3O)CCN(Cc3ccccc3)CC2)c1. The lowest BCUT2D eigenvalue weighted by Gasteiger charge is -2.33. The topological polar surface area (TPSA) is 277 Å². The molecule has 3 aromatic rings. The largest absolute Gasteiger partial charge is 0.507 e. The van der Waals surface area contributed by atoms with Crippen LogP contribution < -0.4 is 10.6 Å². The minimum atomic E-state index is -1.73. The van der Waals surface area contributed by atoms with Gasteiger partial charge in [0, 0.05) is 94.2 Å². The van der Waals surface area contributed by atoms with Gasteiger partial charge >= 0.3 is 0 Å². The Labute approximate surface area is 358 Å². The van der Waals surface area contributed by atoms with Crippen LogP contribution in [0.4, 0.5) is 0 Å². The van der Waals surface area contributed by atoms with E-state index in [4.69, 9.17) is 10.2 Å². The number of phenolic OH excluding ortho intramolecular Hbond substituents is 2. The van der Waals surface area contributed by atoms with E-state index < -0.39 is 62.0 Å². The number of aliphatic hydroxyl groups excluding tert-OH is 10.